The zero-order valence-corrected chi connectivity index (χ0v) is 18.9. The van der Waals surface area contributed by atoms with E-state index in [4.69, 9.17) is 9.57 Å². The molecule has 0 bridgehead atoms. The van der Waals surface area contributed by atoms with E-state index >= 15 is 0 Å². The number of fused-ring (bicyclic) bond motifs is 1. The number of hydrazine groups is 1. The highest BCUT2D eigenvalue weighted by Crippen LogP contribution is 2.45. The Labute approximate surface area is 181 Å². The van der Waals surface area contributed by atoms with Crippen LogP contribution in [0.15, 0.2) is 0 Å². The van der Waals surface area contributed by atoms with Gasteiger partial charge in [-0.05, 0) is 69.6 Å². The van der Waals surface area contributed by atoms with Gasteiger partial charge in [0.1, 0.15) is 6.23 Å². The molecule has 4 fully saturated rings. The maximum Gasteiger partial charge on any atom is 0.226 e. The lowest BCUT2D eigenvalue weighted by atomic mass is 9.73. The Morgan fingerprint density at radius 2 is 2.07 bits per heavy atom. The second-order valence-corrected chi connectivity index (χ2v) is 9.72. The van der Waals surface area contributed by atoms with Gasteiger partial charge in [0.25, 0.3) is 0 Å². The van der Waals surface area contributed by atoms with Gasteiger partial charge < -0.3 is 10.1 Å². The summed E-state index contributed by atoms with van der Waals surface area (Å²) in [6, 6.07) is 0.572. The lowest BCUT2D eigenvalue weighted by Gasteiger charge is -2.37. The minimum Gasteiger partial charge on any atom is -0.385 e. The summed E-state index contributed by atoms with van der Waals surface area (Å²) in [6.45, 7) is 6.71. The van der Waals surface area contributed by atoms with E-state index in [1.54, 1.807) is 7.11 Å². The Bertz CT molecular complexity index is 579. The second-order valence-electron chi connectivity index (χ2n) is 9.72. The molecule has 172 valence electrons. The Morgan fingerprint density at radius 1 is 1.23 bits per heavy atom. The van der Waals surface area contributed by atoms with Crippen LogP contribution in [0.3, 0.4) is 0 Å². The maximum atomic E-state index is 13.1. The van der Waals surface area contributed by atoms with Gasteiger partial charge in [-0.1, -0.05) is 6.92 Å². The Hall–Kier alpha value is -0.770. The van der Waals surface area contributed by atoms with Gasteiger partial charge in [-0.15, -0.1) is 0 Å². The van der Waals surface area contributed by atoms with Crippen molar-refractivity contribution in [2.45, 2.75) is 83.3 Å². The highest BCUT2D eigenvalue weighted by atomic mass is 16.7. The fourth-order valence-electron chi connectivity index (χ4n) is 6.14. The minimum absolute atomic E-state index is 0.0259. The molecule has 7 unspecified atom stereocenters. The molecular weight excluding hydrogens is 382 g/mol. The van der Waals surface area contributed by atoms with E-state index in [1.807, 2.05) is 0 Å². The Balaban J connectivity index is 1.24. The lowest BCUT2D eigenvalue weighted by Crippen LogP contribution is -2.48. The first-order chi connectivity index (χ1) is 14.6. The number of hydrogen-bond donors (Lipinski definition) is 4. The number of carbonyl (C=O) groups is 1. The van der Waals surface area contributed by atoms with Crippen molar-refractivity contribution in [3.8, 4) is 0 Å². The van der Waals surface area contributed by atoms with Crippen molar-refractivity contribution in [1.82, 2.24) is 26.5 Å². The summed E-state index contributed by atoms with van der Waals surface area (Å²) in [7, 11) is 1.73. The molecule has 4 N–H and O–H groups in total. The van der Waals surface area contributed by atoms with Crippen LogP contribution in [0.5, 0.6) is 0 Å². The summed E-state index contributed by atoms with van der Waals surface area (Å²) in [4.78, 5) is 18.7. The predicted molar refractivity (Wildman–Crippen MR) is 115 cm³/mol. The third kappa shape index (κ3) is 4.84. The van der Waals surface area contributed by atoms with Crippen molar-refractivity contribution in [3.05, 3.63) is 0 Å². The maximum absolute atomic E-state index is 13.1. The molecule has 8 atom stereocenters. The van der Waals surface area contributed by atoms with Gasteiger partial charge in [0.15, 0.2) is 0 Å². The summed E-state index contributed by atoms with van der Waals surface area (Å²) < 4.78 is 5.15. The molecule has 4 aliphatic rings. The van der Waals surface area contributed by atoms with Crippen LogP contribution >= 0.6 is 0 Å². The van der Waals surface area contributed by atoms with E-state index in [2.05, 4.69) is 40.4 Å². The molecule has 2 aliphatic heterocycles. The summed E-state index contributed by atoms with van der Waals surface area (Å²) in [5, 5.41) is 9.24. The van der Waals surface area contributed by atoms with Crippen LogP contribution in [0.25, 0.3) is 0 Å². The van der Waals surface area contributed by atoms with Crippen LogP contribution in [0.4, 0.5) is 0 Å². The van der Waals surface area contributed by atoms with Crippen LogP contribution in [-0.2, 0) is 14.4 Å². The molecule has 2 saturated heterocycles. The van der Waals surface area contributed by atoms with Crippen LogP contribution in [0.1, 0.15) is 58.8 Å². The molecule has 2 saturated carbocycles. The predicted octanol–water partition coefficient (Wildman–Crippen LogP) is 1.35. The fourth-order valence-corrected chi connectivity index (χ4v) is 6.14. The highest BCUT2D eigenvalue weighted by molar-refractivity contribution is 5.80. The first kappa shape index (κ1) is 22.4. The lowest BCUT2D eigenvalue weighted by molar-refractivity contribution is -0.126. The molecule has 8 nitrogen and oxygen atoms in total. The van der Waals surface area contributed by atoms with Crippen LogP contribution in [0, 0.1) is 23.7 Å². The summed E-state index contributed by atoms with van der Waals surface area (Å²) in [6.07, 6.45) is 8.37. The Morgan fingerprint density at radius 3 is 2.83 bits per heavy atom. The van der Waals surface area contributed by atoms with Crippen molar-refractivity contribution in [2.75, 3.05) is 26.8 Å². The van der Waals surface area contributed by atoms with Gasteiger partial charge >= 0.3 is 0 Å². The van der Waals surface area contributed by atoms with Gasteiger partial charge in [-0.2, -0.15) is 5.48 Å². The van der Waals surface area contributed by atoms with Crippen molar-refractivity contribution in [2.24, 2.45) is 23.7 Å². The van der Waals surface area contributed by atoms with E-state index in [-0.39, 0.29) is 30.3 Å². The van der Waals surface area contributed by atoms with Crippen LogP contribution < -0.4 is 21.5 Å². The molecule has 0 aromatic rings. The van der Waals surface area contributed by atoms with Crippen LogP contribution in [0.2, 0.25) is 0 Å². The number of nitrogens with zero attached hydrogens (tertiary/aromatic N) is 1. The van der Waals surface area contributed by atoms with Crippen molar-refractivity contribution >= 4 is 5.91 Å². The average molecular weight is 424 g/mol. The molecule has 30 heavy (non-hydrogen) atoms. The summed E-state index contributed by atoms with van der Waals surface area (Å²) in [5.74, 6) is 2.24. The Kier molecular flexibility index (Phi) is 7.65. The third-order valence-corrected chi connectivity index (χ3v) is 7.99. The zero-order valence-electron chi connectivity index (χ0n) is 18.9. The molecule has 2 aliphatic carbocycles. The van der Waals surface area contributed by atoms with E-state index < -0.39 is 0 Å². The number of rotatable bonds is 8. The number of amides is 1. The largest absolute Gasteiger partial charge is 0.385 e. The average Bonchev–Trinajstić information content (AvgIpc) is 3.47. The number of methoxy groups -OCH3 is 1. The molecule has 0 aromatic carbocycles. The first-order valence-corrected chi connectivity index (χ1v) is 12.1. The van der Waals surface area contributed by atoms with E-state index in [1.165, 1.54) is 25.7 Å². The number of carbonyl (C=O) groups excluding carboxylic acids is 1. The molecule has 0 aromatic heterocycles. The molecular formula is C22H41N5O3. The van der Waals surface area contributed by atoms with Crippen molar-refractivity contribution in [3.63, 3.8) is 0 Å². The van der Waals surface area contributed by atoms with Gasteiger partial charge in [-0.25, -0.2) is 5.01 Å². The molecule has 4 rings (SSSR count). The molecule has 0 radical (unpaired) electrons. The SMILES string of the molecule is CCC1NC(C2CCC3C(CC[C@H]3NC(=O)C3CNN(CCCOC)C3C)C2)NO1. The summed E-state index contributed by atoms with van der Waals surface area (Å²) in [5.41, 5.74) is 6.63. The van der Waals surface area contributed by atoms with Gasteiger partial charge in [-0.3, -0.25) is 20.4 Å². The van der Waals surface area contributed by atoms with Gasteiger partial charge in [0, 0.05) is 38.9 Å². The van der Waals surface area contributed by atoms with Gasteiger partial charge in [0.05, 0.1) is 12.1 Å². The molecule has 2 heterocycles. The fraction of sp³-hybridized carbons (Fsp3) is 0.955. The van der Waals surface area contributed by atoms with Crippen molar-refractivity contribution in [1.29, 1.82) is 0 Å². The standard InChI is InChI=1S/C22H41N5O3/c1-4-20-25-21(26-30-20)16-6-8-17-15(12-16)7-9-19(17)24-22(28)18-13-23-27(14(18)2)10-5-11-29-3/h14-21,23,25-26H,4-13H2,1-3H3,(H,24,28)/t14?,15?,16?,17?,18?,19-,20?,21?/m1/s1. The smallest absolute Gasteiger partial charge is 0.226 e. The van der Waals surface area contributed by atoms with Crippen molar-refractivity contribution < 1.29 is 14.4 Å². The summed E-state index contributed by atoms with van der Waals surface area (Å²) >= 11 is 0. The zero-order chi connectivity index (χ0) is 21.1. The third-order valence-electron chi connectivity index (χ3n) is 7.99. The first-order valence-electron chi connectivity index (χ1n) is 12.1. The van der Waals surface area contributed by atoms with Gasteiger partial charge in [0.2, 0.25) is 5.91 Å². The normalized spacial score (nSPS) is 41.8. The molecule has 8 heteroatoms. The van der Waals surface area contributed by atoms with E-state index in [9.17, 15) is 4.79 Å². The minimum atomic E-state index is 0.0259. The second kappa shape index (κ2) is 10.2. The van der Waals surface area contributed by atoms with E-state index in [0.717, 1.165) is 44.9 Å². The highest BCUT2D eigenvalue weighted by Gasteiger charge is 2.45. The monoisotopic (exact) mass is 423 g/mol. The number of hydrogen-bond acceptors (Lipinski definition) is 7. The molecule has 1 amide bonds. The van der Waals surface area contributed by atoms with Crippen LogP contribution in [-0.4, -0.2) is 62.2 Å². The van der Waals surface area contributed by atoms with E-state index in [0.29, 0.717) is 17.9 Å². The quantitative estimate of drug-likeness (QED) is 0.438. The number of nitrogens with one attached hydrogen (secondary N) is 4. The number of hydroxylamine groups is 1. The topological polar surface area (TPSA) is 86.9 Å². The molecule has 0 spiro atoms. The number of ether oxygens (including phenoxy) is 1.